The van der Waals surface area contributed by atoms with Crippen LogP contribution in [0.1, 0.15) is 32.1 Å². The lowest BCUT2D eigenvalue weighted by Gasteiger charge is -2.55. The van der Waals surface area contributed by atoms with Gasteiger partial charge in [-0.3, -0.25) is 14.9 Å². The zero-order chi connectivity index (χ0) is 12.2. The van der Waals surface area contributed by atoms with Gasteiger partial charge in [0.25, 0.3) is 0 Å². The SMILES string of the molecule is O=C(O)CC1(C[N+](=O)[O-])[C@@H]2CCC3CC[C@H]1C32. The number of carboxylic acid groups (broad SMARTS) is 1. The van der Waals surface area contributed by atoms with Crippen molar-refractivity contribution in [2.24, 2.45) is 29.1 Å². The van der Waals surface area contributed by atoms with E-state index in [0.717, 1.165) is 31.6 Å². The molecule has 1 N–H and O–H groups in total. The Morgan fingerprint density at radius 1 is 1.29 bits per heavy atom. The van der Waals surface area contributed by atoms with E-state index in [0.29, 0.717) is 17.8 Å². The summed E-state index contributed by atoms with van der Waals surface area (Å²) in [6, 6.07) is 0. The first-order chi connectivity index (χ1) is 8.04. The number of rotatable bonds is 4. The van der Waals surface area contributed by atoms with Crippen molar-refractivity contribution in [3.05, 3.63) is 10.1 Å². The zero-order valence-electron chi connectivity index (χ0n) is 9.67. The van der Waals surface area contributed by atoms with E-state index in [1.165, 1.54) is 0 Å². The Balaban J connectivity index is 1.89. The zero-order valence-corrected chi connectivity index (χ0v) is 9.67. The Bertz CT molecular complexity index is 347. The summed E-state index contributed by atoms with van der Waals surface area (Å²) >= 11 is 0. The highest BCUT2D eigenvalue weighted by Crippen LogP contribution is 2.72. The first kappa shape index (κ1) is 11.0. The van der Waals surface area contributed by atoms with Gasteiger partial charge in [-0.15, -0.1) is 0 Å². The molecule has 17 heavy (non-hydrogen) atoms. The average molecular weight is 239 g/mol. The van der Waals surface area contributed by atoms with E-state index in [1.54, 1.807) is 0 Å². The van der Waals surface area contributed by atoms with Gasteiger partial charge in [-0.1, -0.05) is 0 Å². The number of carbonyl (C=O) groups is 1. The summed E-state index contributed by atoms with van der Waals surface area (Å²) in [5.41, 5.74) is -0.523. The van der Waals surface area contributed by atoms with Crippen LogP contribution in [-0.2, 0) is 4.79 Å². The maximum atomic E-state index is 11.0. The quantitative estimate of drug-likeness (QED) is 0.599. The van der Waals surface area contributed by atoms with E-state index in [2.05, 4.69) is 0 Å². The Labute approximate surface area is 99.3 Å². The van der Waals surface area contributed by atoms with Crippen molar-refractivity contribution in [2.75, 3.05) is 6.54 Å². The molecule has 5 atom stereocenters. The van der Waals surface area contributed by atoms with Crippen LogP contribution >= 0.6 is 0 Å². The summed E-state index contributed by atoms with van der Waals surface area (Å²) in [6.45, 7) is -0.141. The molecule has 3 rings (SSSR count). The van der Waals surface area contributed by atoms with Crippen molar-refractivity contribution >= 4 is 5.97 Å². The van der Waals surface area contributed by atoms with Gasteiger partial charge in [-0.25, -0.2) is 0 Å². The monoisotopic (exact) mass is 239 g/mol. The molecule has 0 spiro atoms. The van der Waals surface area contributed by atoms with Gasteiger partial charge < -0.3 is 5.11 Å². The molecular formula is C12H17NO4. The van der Waals surface area contributed by atoms with Gasteiger partial charge in [-0.05, 0) is 49.4 Å². The topological polar surface area (TPSA) is 80.4 Å². The van der Waals surface area contributed by atoms with Gasteiger partial charge in [0.2, 0.25) is 6.54 Å². The normalized spacial score (nSPS) is 46.4. The highest BCUT2D eigenvalue weighted by molar-refractivity contribution is 5.68. The molecule has 3 aliphatic carbocycles. The molecule has 3 aliphatic rings. The predicted molar refractivity (Wildman–Crippen MR) is 59.0 cm³/mol. The summed E-state index contributed by atoms with van der Waals surface area (Å²) in [6.07, 6.45) is 4.32. The summed E-state index contributed by atoms with van der Waals surface area (Å²) in [7, 11) is 0. The maximum Gasteiger partial charge on any atom is 0.304 e. The van der Waals surface area contributed by atoms with E-state index in [4.69, 9.17) is 5.11 Å². The van der Waals surface area contributed by atoms with E-state index < -0.39 is 11.4 Å². The third-order valence-electron chi connectivity index (χ3n) is 5.55. The Kier molecular flexibility index (Phi) is 2.22. The van der Waals surface area contributed by atoms with Gasteiger partial charge in [0.15, 0.2) is 0 Å². The van der Waals surface area contributed by atoms with Crippen molar-refractivity contribution in [3.8, 4) is 0 Å². The lowest BCUT2D eigenvalue weighted by atomic mass is 9.47. The summed E-state index contributed by atoms with van der Waals surface area (Å²) < 4.78 is 0. The second kappa shape index (κ2) is 3.43. The van der Waals surface area contributed by atoms with Crippen LogP contribution in [0.2, 0.25) is 0 Å². The molecule has 5 nitrogen and oxygen atoms in total. The first-order valence-corrected chi connectivity index (χ1v) is 6.38. The van der Waals surface area contributed by atoms with Crippen molar-refractivity contribution in [3.63, 3.8) is 0 Å². The molecule has 0 bridgehead atoms. The minimum Gasteiger partial charge on any atom is -0.481 e. The fourth-order valence-corrected chi connectivity index (χ4v) is 5.21. The van der Waals surface area contributed by atoms with Crippen LogP contribution < -0.4 is 0 Å². The molecule has 3 unspecified atom stereocenters. The fraction of sp³-hybridized carbons (Fsp3) is 0.917. The predicted octanol–water partition coefficient (Wildman–Crippen LogP) is 1.79. The summed E-state index contributed by atoms with van der Waals surface area (Å²) in [4.78, 5) is 21.6. The standard InChI is InChI=1S/C12H17NO4/c14-10(15)5-12(6-13(16)17)8-3-1-7-2-4-9(12)11(7)8/h7-9,11H,1-6H2,(H,14,15)/t7?,8-,9+,11?,12?. The molecule has 0 aromatic rings. The van der Waals surface area contributed by atoms with Crippen LogP contribution in [-0.4, -0.2) is 22.5 Å². The van der Waals surface area contributed by atoms with Gasteiger partial charge in [-0.2, -0.15) is 0 Å². The smallest absolute Gasteiger partial charge is 0.304 e. The second-order valence-corrected chi connectivity index (χ2v) is 6.00. The van der Waals surface area contributed by atoms with Gasteiger partial charge in [0, 0.05) is 4.92 Å². The van der Waals surface area contributed by atoms with Crippen LogP contribution in [0.4, 0.5) is 0 Å². The van der Waals surface area contributed by atoms with Gasteiger partial charge in [0.1, 0.15) is 0 Å². The van der Waals surface area contributed by atoms with Crippen LogP contribution in [0.3, 0.4) is 0 Å². The Morgan fingerprint density at radius 2 is 1.88 bits per heavy atom. The van der Waals surface area contributed by atoms with Crippen molar-refractivity contribution in [1.82, 2.24) is 0 Å². The fourth-order valence-electron chi connectivity index (χ4n) is 5.21. The highest BCUT2D eigenvalue weighted by Gasteiger charge is 2.70. The maximum absolute atomic E-state index is 11.0. The number of hydrogen-bond donors (Lipinski definition) is 1. The third-order valence-corrected chi connectivity index (χ3v) is 5.55. The third kappa shape index (κ3) is 1.34. The number of hydrogen-bond acceptors (Lipinski definition) is 3. The van der Waals surface area contributed by atoms with E-state index in [-0.39, 0.29) is 17.9 Å². The molecule has 0 saturated heterocycles. The largest absolute Gasteiger partial charge is 0.481 e. The Hall–Kier alpha value is -1.13. The lowest BCUT2D eigenvalue weighted by Crippen LogP contribution is -2.58. The minimum absolute atomic E-state index is 0.00741. The molecule has 0 aliphatic heterocycles. The van der Waals surface area contributed by atoms with Crippen LogP contribution in [0.5, 0.6) is 0 Å². The second-order valence-electron chi connectivity index (χ2n) is 6.00. The molecule has 0 amide bonds. The van der Waals surface area contributed by atoms with Crippen molar-refractivity contribution < 1.29 is 14.8 Å². The minimum atomic E-state index is -0.874. The van der Waals surface area contributed by atoms with E-state index >= 15 is 0 Å². The lowest BCUT2D eigenvalue weighted by molar-refractivity contribution is -0.511. The number of nitro groups is 1. The van der Waals surface area contributed by atoms with E-state index in [1.807, 2.05) is 0 Å². The number of nitrogens with zero attached hydrogens (tertiary/aromatic N) is 1. The van der Waals surface area contributed by atoms with Gasteiger partial charge >= 0.3 is 5.97 Å². The van der Waals surface area contributed by atoms with E-state index in [9.17, 15) is 14.9 Å². The molecule has 5 heteroatoms. The first-order valence-electron chi connectivity index (χ1n) is 6.38. The molecule has 0 aromatic carbocycles. The van der Waals surface area contributed by atoms with Gasteiger partial charge in [0.05, 0.1) is 11.8 Å². The molecule has 3 fully saturated rings. The highest BCUT2D eigenvalue weighted by atomic mass is 16.6. The number of carboxylic acids is 1. The Morgan fingerprint density at radius 3 is 2.35 bits per heavy atom. The summed E-state index contributed by atoms with van der Waals surface area (Å²) in [5.74, 6) is 1.08. The van der Waals surface area contributed by atoms with Crippen molar-refractivity contribution in [1.29, 1.82) is 0 Å². The van der Waals surface area contributed by atoms with Crippen LogP contribution in [0.15, 0.2) is 0 Å². The van der Waals surface area contributed by atoms with Crippen LogP contribution in [0, 0.1) is 39.2 Å². The molecular weight excluding hydrogens is 222 g/mol. The molecule has 3 saturated carbocycles. The number of aliphatic carboxylic acids is 1. The molecule has 0 radical (unpaired) electrons. The average Bonchev–Trinajstić information content (AvgIpc) is 2.68. The summed E-state index contributed by atoms with van der Waals surface area (Å²) in [5, 5.41) is 19.9. The molecule has 0 heterocycles. The van der Waals surface area contributed by atoms with Crippen LogP contribution in [0.25, 0.3) is 0 Å². The van der Waals surface area contributed by atoms with Crippen molar-refractivity contribution in [2.45, 2.75) is 32.1 Å². The molecule has 94 valence electrons. The molecule has 0 aromatic heterocycles.